The maximum atomic E-state index is 4.99. The lowest BCUT2D eigenvalue weighted by Crippen LogP contribution is -2.31. The highest BCUT2D eigenvalue weighted by Crippen LogP contribution is 1.94. The number of aromatic nitrogens is 2. The summed E-state index contributed by atoms with van der Waals surface area (Å²) in [7, 11) is 0. The van der Waals surface area contributed by atoms with Gasteiger partial charge in [0.25, 0.3) is 0 Å². The topological polar surface area (TPSA) is 54.2 Å². The van der Waals surface area contributed by atoms with Gasteiger partial charge in [-0.2, -0.15) is 4.98 Å². The monoisotopic (exact) mass is 212 g/mol. The molecule has 0 unspecified atom stereocenters. The normalized spacial score (nSPS) is 11.2. The molecule has 0 aliphatic rings. The second kappa shape index (κ2) is 6.53. The zero-order valence-corrected chi connectivity index (χ0v) is 9.79. The van der Waals surface area contributed by atoms with Gasteiger partial charge in [-0.25, -0.2) is 0 Å². The molecule has 0 bridgehead atoms. The summed E-state index contributed by atoms with van der Waals surface area (Å²) < 4.78 is 4.99. The van der Waals surface area contributed by atoms with Crippen LogP contribution in [0.4, 0.5) is 0 Å². The van der Waals surface area contributed by atoms with E-state index < -0.39 is 0 Å². The molecule has 5 heteroatoms. The fraction of sp³-hybridized carbons (Fsp3) is 0.800. The molecular weight excluding hydrogens is 192 g/mol. The van der Waals surface area contributed by atoms with Crippen LogP contribution in [0.25, 0.3) is 0 Å². The summed E-state index contributed by atoms with van der Waals surface area (Å²) in [5.74, 6) is 1.35. The van der Waals surface area contributed by atoms with E-state index in [1.54, 1.807) is 0 Å². The molecule has 1 heterocycles. The van der Waals surface area contributed by atoms with Crippen molar-refractivity contribution < 1.29 is 4.52 Å². The van der Waals surface area contributed by atoms with Crippen LogP contribution in [0.5, 0.6) is 0 Å². The largest absolute Gasteiger partial charge is 0.338 e. The molecular formula is C10H20N4O. The van der Waals surface area contributed by atoms with Crippen LogP contribution in [-0.4, -0.2) is 41.2 Å². The number of hydrogen-bond donors (Lipinski definition) is 1. The Kier molecular flexibility index (Phi) is 5.28. The molecule has 0 saturated carbocycles. The quantitative estimate of drug-likeness (QED) is 0.678. The summed E-state index contributed by atoms with van der Waals surface area (Å²) in [5, 5.41) is 7.00. The van der Waals surface area contributed by atoms with Gasteiger partial charge >= 0.3 is 0 Å². The molecule has 1 aromatic heterocycles. The summed E-state index contributed by atoms with van der Waals surface area (Å²) in [6.07, 6.45) is 0. The zero-order valence-electron chi connectivity index (χ0n) is 9.79. The lowest BCUT2D eigenvalue weighted by Gasteiger charge is -2.17. The fourth-order valence-corrected chi connectivity index (χ4v) is 1.38. The highest BCUT2D eigenvalue weighted by atomic mass is 16.5. The Bertz CT molecular complexity index is 270. The number of rotatable bonds is 7. The lowest BCUT2D eigenvalue weighted by molar-refractivity contribution is 0.297. The van der Waals surface area contributed by atoms with Crippen LogP contribution in [0.1, 0.15) is 25.6 Å². The minimum Gasteiger partial charge on any atom is -0.338 e. The Morgan fingerprint density at radius 3 is 2.60 bits per heavy atom. The van der Waals surface area contributed by atoms with Gasteiger partial charge in [-0.15, -0.1) is 0 Å². The summed E-state index contributed by atoms with van der Waals surface area (Å²) in [4.78, 5) is 6.48. The number of nitrogens with one attached hydrogen (secondary N) is 1. The van der Waals surface area contributed by atoms with Crippen molar-refractivity contribution in [3.05, 3.63) is 11.7 Å². The van der Waals surface area contributed by atoms with Gasteiger partial charge in [-0.3, -0.25) is 0 Å². The third kappa shape index (κ3) is 4.40. The second-order valence-corrected chi connectivity index (χ2v) is 3.44. The number of hydrogen-bond acceptors (Lipinski definition) is 5. The van der Waals surface area contributed by atoms with E-state index in [0.717, 1.165) is 26.2 Å². The first-order valence-electron chi connectivity index (χ1n) is 5.48. The van der Waals surface area contributed by atoms with E-state index in [2.05, 4.69) is 34.2 Å². The number of aryl methyl sites for hydroxylation is 1. The maximum Gasteiger partial charge on any atom is 0.240 e. The summed E-state index contributed by atoms with van der Waals surface area (Å²) >= 11 is 0. The highest BCUT2D eigenvalue weighted by molar-refractivity contribution is 4.81. The first kappa shape index (κ1) is 12.1. The van der Waals surface area contributed by atoms with Crippen LogP contribution in [0.2, 0.25) is 0 Å². The van der Waals surface area contributed by atoms with Crippen LogP contribution in [-0.2, 0) is 6.54 Å². The molecule has 0 saturated heterocycles. The molecule has 0 spiro atoms. The van der Waals surface area contributed by atoms with Crippen molar-refractivity contribution in [3.63, 3.8) is 0 Å². The van der Waals surface area contributed by atoms with E-state index in [0.29, 0.717) is 18.3 Å². The molecule has 1 N–H and O–H groups in total. The summed E-state index contributed by atoms with van der Waals surface area (Å²) in [6, 6.07) is 0. The molecule has 0 aromatic carbocycles. The number of nitrogens with zero attached hydrogens (tertiary/aromatic N) is 3. The van der Waals surface area contributed by atoms with E-state index in [9.17, 15) is 0 Å². The SMILES string of the molecule is CCN(CC)CCNCc1nc(C)no1. The van der Waals surface area contributed by atoms with Gasteiger partial charge in [0.05, 0.1) is 6.54 Å². The summed E-state index contributed by atoms with van der Waals surface area (Å²) in [5.41, 5.74) is 0. The standard InChI is InChI=1S/C10H20N4O/c1-4-14(5-2)7-6-11-8-10-12-9(3)13-15-10/h11H,4-8H2,1-3H3. The van der Waals surface area contributed by atoms with Crippen molar-refractivity contribution in [3.8, 4) is 0 Å². The molecule has 0 aliphatic carbocycles. The van der Waals surface area contributed by atoms with Crippen molar-refractivity contribution in [2.45, 2.75) is 27.3 Å². The Hall–Kier alpha value is -0.940. The molecule has 1 aromatic rings. The Morgan fingerprint density at radius 1 is 1.33 bits per heavy atom. The zero-order chi connectivity index (χ0) is 11.1. The van der Waals surface area contributed by atoms with Gasteiger partial charge in [0, 0.05) is 13.1 Å². The average molecular weight is 212 g/mol. The number of likely N-dealkylation sites (N-methyl/N-ethyl adjacent to an activating group) is 1. The summed E-state index contributed by atoms with van der Waals surface area (Å²) in [6.45, 7) is 11.0. The first-order chi connectivity index (χ1) is 7.26. The molecule has 1 rings (SSSR count). The van der Waals surface area contributed by atoms with E-state index in [1.807, 2.05) is 6.92 Å². The molecule has 0 fully saturated rings. The van der Waals surface area contributed by atoms with Crippen molar-refractivity contribution in [1.29, 1.82) is 0 Å². The highest BCUT2D eigenvalue weighted by Gasteiger charge is 2.02. The Morgan fingerprint density at radius 2 is 2.07 bits per heavy atom. The molecule has 0 radical (unpaired) electrons. The molecule has 0 aliphatic heterocycles. The van der Waals surface area contributed by atoms with Crippen molar-refractivity contribution >= 4 is 0 Å². The molecule has 86 valence electrons. The first-order valence-corrected chi connectivity index (χ1v) is 5.48. The van der Waals surface area contributed by atoms with Gasteiger partial charge in [-0.1, -0.05) is 19.0 Å². The van der Waals surface area contributed by atoms with Crippen LogP contribution in [0, 0.1) is 6.92 Å². The van der Waals surface area contributed by atoms with Crippen LogP contribution in [0.15, 0.2) is 4.52 Å². The average Bonchev–Trinajstić information content (AvgIpc) is 2.65. The Labute approximate surface area is 90.8 Å². The van der Waals surface area contributed by atoms with Gasteiger partial charge < -0.3 is 14.7 Å². The smallest absolute Gasteiger partial charge is 0.240 e. The molecule has 0 atom stereocenters. The van der Waals surface area contributed by atoms with E-state index in [1.165, 1.54) is 0 Å². The maximum absolute atomic E-state index is 4.99. The fourth-order valence-electron chi connectivity index (χ4n) is 1.38. The third-order valence-corrected chi connectivity index (χ3v) is 2.35. The van der Waals surface area contributed by atoms with Crippen molar-refractivity contribution in [2.75, 3.05) is 26.2 Å². The molecule has 5 nitrogen and oxygen atoms in total. The minimum absolute atomic E-state index is 0.655. The second-order valence-electron chi connectivity index (χ2n) is 3.44. The van der Waals surface area contributed by atoms with Crippen molar-refractivity contribution in [2.24, 2.45) is 0 Å². The molecule has 0 amide bonds. The van der Waals surface area contributed by atoms with E-state index >= 15 is 0 Å². The van der Waals surface area contributed by atoms with Crippen LogP contribution < -0.4 is 5.32 Å². The van der Waals surface area contributed by atoms with Crippen LogP contribution in [0.3, 0.4) is 0 Å². The third-order valence-electron chi connectivity index (χ3n) is 2.35. The van der Waals surface area contributed by atoms with E-state index in [4.69, 9.17) is 4.52 Å². The predicted molar refractivity (Wildman–Crippen MR) is 58.5 cm³/mol. The van der Waals surface area contributed by atoms with Gasteiger partial charge in [0.2, 0.25) is 5.89 Å². The van der Waals surface area contributed by atoms with Crippen molar-refractivity contribution in [1.82, 2.24) is 20.4 Å². The Balaban J connectivity index is 2.11. The van der Waals surface area contributed by atoms with Gasteiger partial charge in [-0.05, 0) is 20.0 Å². The van der Waals surface area contributed by atoms with Gasteiger partial charge in [0.15, 0.2) is 5.82 Å². The lowest BCUT2D eigenvalue weighted by atomic mass is 10.4. The molecule has 15 heavy (non-hydrogen) atoms. The van der Waals surface area contributed by atoms with Crippen LogP contribution >= 0.6 is 0 Å². The predicted octanol–water partition coefficient (Wildman–Crippen LogP) is 0.809. The van der Waals surface area contributed by atoms with E-state index in [-0.39, 0.29) is 0 Å². The minimum atomic E-state index is 0.655. The van der Waals surface area contributed by atoms with Gasteiger partial charge in [0.1, 0.15) is 0 Å².